The van der Waals surface area contributed by atoms with Gasteiger partial charge in [-0.25, -0.2) is 4.68 Å². The topological polar surface area (TPSA) is 39.9 Å². The van der Waals surface area contributed by atoms with E-state index in [-0.39, 0.29) is 0 Å². The molecule has 2 aromatic carbocycles. The van der Waals surface area contributed by atoms with Crippen molar-refractivity contribution in [1.82, 2.24) is 15.0 Å². The van der Waals surface area contributed by atoms with E-state index in [4.69, 9.17) is 4.74 Å². The maximum atomic E-state index is 5.22. The average molecular weight is 291 g/mol. The van der Waals surface area contributed by atoms with E-state index in [1.54, 1.807) is 7.11 Å². The zero-order valence-corrected chi connectivity index (χ0v) is 12.5. The highest BCUT2D eigenvalue weighted by Gasteiger charge is 2.37. The monoisotopic (exact) mass is 291 g/mol. The first-order chi connectivity index (χ1) is 10.8. The second-order valence-electron chi connectivity index (χ2n) is 6.38. The van der Waals surface area contributed by atoms with E-state index in [0.717, 1.165) is 34.3 Å². The predicted octanol–water partition coefficient (Wildman–Crippen LogP) is 3.79. The van der Waals surface area contributed by atoms with Gasteiger partial charge in [0.25, 0.3) is 0 Å². The molecule has 22 heavy (non-hydrogen) atoms. The van der Waals surface area contributed by atoms with E-state index in [2.05, 4.69) is 22.4 Å². The lowest BCUT2D eigenvalue weighted by atomic mass is 9.91. The quantitative estimate of drug-likeness (QED) is 0.721. The fourth-order valence-corrected chi connectivity index (χ4v) is 4.17. The van der Waals surface area contributed by atoms with Crippen LogP contribution in [0.2, 0.25) is 0 Å². The number of hydrogen-bond acceptors (Lipinski definition) is 3. The summed E-state index contributed by atoms with van der Waals surface area (Å²) in [4.78, 5) is 0. The standard InChI is InChI=1S/C18H17N3O/c1-22-14-6-4-13(5-7-14)21-18-10-16-12-3-2-11(8-12)15(16)9-17(18)19-20-21/h4-7,9-12H,2-3,8H2,1H3/t11-,12+/m0/s1. The molecule has 2 atom stereocenters. The third-order valence-electron chi connectivity index (χ3n) is 5.28. The highest BCUT2D eigenvalue weighted by Crippen LogP contribution is 2.53. The smallest absolute Gasteiger partial charge is 0.119 e. The predicted molar refractivity (Wildman–Crippen MR) is 84.8 cm³/mol. The number of ether oxygens (including phenoxy) is 1. The Morgan fingerprint density at radius 1 is 1.05 bits per heavy atom. The van der Waals surface area contributed by atoms with Crippen LogP contribution in [0.25, 0.3) is 16.7 Å². The van der Waals surface area contributed by atoms with Crippen molar-refractivity contribution in [3.05, 3.63) is 47.5 Å². The first kappa shape index (κ1) is 12.2. The van der Waals surface area contributed by atoms with Crippen LogP contribution >= 0.6 is 0 Å². The van der Waals surface area contributed by atoms with E-state index in [9.17, 15) is 0 Å². The summed E-state index contributed by atoms with van der Waals surface area (Å²) in [7, 11) is 1.68. The van der Waals surface area contributed by atoms with E-state index in [0.29, 0.717) is 0 Å². The number of rotatable bonds is 2. The van der Waals surface area contributed by atoms with Gasteiger partial charge in [0.1, 0.15) is 11.3 Å². The summed E-state index contributed by atoms with van der Waals surface area (Å²) in [5.41, 5.74) is 6.18. The molecule has 2 aliphatic carbocycles. The molecule has 1 aromatic heterocycles. The summed E-state index contributed by atoms with van der Waals surface area (Å²) >= 11 is 0. The zero-order valence-electron chi connectivity index (χ0n) is 12.5. The Hall–Kier alpha value is -2.36. The summed E-state index contributed by atoms with van der Waals surface area (Å²) < 4.78 is 7.15. The Balaban J connectivity index is 1.67. The van der Waals surface area contributed by atoms with Crippen molar-refractivity contribution in [1.29, 1.82) is 0 Å². The van der Waals surface area contributed by atoms with Crippen molar-refractivity contribution >= 4 is 11.0 Å². The average Bonchev–Trinajstić information content (AvgIpc) is 3.27. The Bertz CT molecular complexity index is 866. The fraction of sp³-hybridized carbons (Fsp3) is 0.333. The number of methoxy groups -OCH3 is 1. The minimum atomic E-state index is 0.753. The molecule has 5 rings (SSSR count). The van der Waals surface area contributed by atoms with Crippen molar-refractivity contribution < 1.29 is 4.74 Å². The third kappa shape index (κ3) is 1.58. The largest absolute Gasteiger partial charge is 0.497 e. The second-order valence-corrected chi connectivity index (χ2v) is 6.38. The summed E-state index contributed by atoms with van der Waals surface area (Å²) in [6.45, 7) is 0. The van der Waals surface area contributed by atoms with E-state index < -0.39 is 0 Å². The third-order valence-corrected chi connectivity index (χ3v) is 5.28. The molecule has 3 aromatic rings. The molecule has 0 radical (unpaired) electrons. The van der Waals surface area contributed by atoms with Crippen LogP contribution in [0.4, 0.5) is 0 Å². The number of hydrogen-bond donors (Lipinski definition) is 0. The molecule has 110 valence electrons. The van der Waals surface area contributed by atoms with Crippen LogP contribution < -0.4 is 4.74 Å². The van der Waals surface area contributed by atoms with Gasteiger partial charge in [0.05, 0.1) is 18.3 Å². The molecule has 0 aliphatic heterocycles. The van der Waals surface area contributed by atoms with Crippen molar-refractivity contribution in [2.24, 2.45) is 0 Å². The van der Waals surface area contributed by atoms with Crippen LogP contribution in [0.1, 0.15) is 42.2 Å². The Morgan fingerprint density at radius 2 is 1.77 bits per heavy atom. The van der Waals surface area contributed by atoms with Gasteiger partial charge in [-0.1, -0.05) is 5.21 Å². The maximum absolute atomic E-state index is 5.22. The van der Waals surface area contributed by atoms with Crippen molar-refractivity contribution in [3.8, 4) is 11.4 Å². The van der Waals surface area contributed by atoms with Gasteiger partial charge in [-0.05, 0) is 78.6 Å². The Labute approximate surface area is 128 Å². The molecule has 0 unspecified atom stereocenters. The van der Waals surface area contributed by atoms with Crippen LogP contribution in [-0.2, 0) is 0 Å². The molecular weight excluding hydrogens is 274 g/mol. The van der Waals surface area contributed by atoms with Gasteiger partial charge in [-0.2, -0.15) is 0 Å². The van der Waals surface area contributed by atoms with Crippen molar-refractivity contribution in [2.75, 3.05) is 7.11 Å². The molecule has 0 saturated heterocycles. The van der Waals surface area contributed by atoms with Crippen LogP contribution in [0.15, 0.2) is 36.4 Å². The van der Waals surface area contributed by atoms with Gasteiger partial charge in [-0.3, -0.25) is 0 Å². The van der Waals surface area contributed by atoms with Crippen LogP contribution in [-0.4, -0.2) is 22.1 Å². The molecular formula is C18H17N3O. The van der Waals surface area contributed by atoms with Gasteiger partial charge in [0.15, 0.2) is 0 Å². The molecule has 0 N–H and O–H groups in total. The minimum Gasteiger partial charge on any atom is -0.497 e. The fourth-order valence-electron chi connectivity index (χ4n) is 4.17. The van der Waals surface area contributed by atoms with Gasteiger partial charge >= 0.3 is 0 Å². The lowest BCUT2D eigenvalue weighted by Crippen LogP contribution is -2.00. The minimum absolute atomic E-state index is 0.753. The Kier molecular flexibility index (Phi) is 2.40. The van der Waals surface area contributed by atoms with Gasteiger partial charge in [0, 0.05) is 0 Å². The first-order valence-corrected chi connectivity index (χ1v) is 7.87. The van der Waals surface area contributed by atoms with Crippen LogP contribution in [0.3, 0.4) is 0 Å². The SMILES string of the molecule is COc1ccc(-n2nnc3cc4c(cc32)[C@@H]2CC[C@H]4C2)cc1. The normalized spacial score (nSPS) is 22.2. The number of nitrogens with zero attached hydrogens (tertiary/aromatic N) is 3. The van der Waals surface area contributed by atoms with E-state index >= 15 is 0 Å². The number of fused-ring (bicyclic) bond motifs is 6. The molecule has 1 fully saturated rings. The van der Waals surface area contributed by atoms with Crippen LogP contribution in [0, 0.1) is 0 Å². The molecule has 4 heteroatoms. The molecule has 2 aliphatic rings. The molecule has 0 amide bonds. The molecule has 1 saturated carbocycles. The van der Waals surface area contributed by atoms with Crippen molar-refractivity contribution in [2.45, 2.75) is 31.1 Å². The summed E-state index contributed by atoms with van der Waals surface area (Å²) in [6, 6.07) is 12.5. The molecule has 1 heterocycles. The summed E-state index contributed by atoms with van der Waals surface area (Å²) in [5.74, 6) is 2.37. The number of benzene rings is 2. The van der Waals surface area contributed by atoms with Gasteiger partial charge in [0.2, 0.25) is 0 Å². The number of aromatic nitrogens is 3. The van der Waals surface area contributed by atoms with Crippen LogP contribution in [0.5, 0.6) is 5.75 Å². The van der Waals surface area contributed by atoms with Gasteiger partial charge in [-0.15, -0.1) is 5.10 Å². The lowest BCUT2D eigenvalue weighted by molar-refractivity contribution is 0.414. The van der Waals surface area contributed by atoms with E-state index in [1.807, 2.05) is 28.9 Å². The van der Waals surface area contributed by atoms with Crippen molar-refractivity contribution in [3.63, 3.8) is 0 Å². The summed E-state index contributed by atoms with van der Waals surface area (Å²) in [6.07, 6.45) is 4.01. The van der Waals surface area contributed by atoms with Gasteiger partial charge < -0.3 is 4.74 Å². The molecule has 4 nitrogen and oxygen atoms in total. The highest BCUT2D eigenvalue weighted by molar-refractivity contribution is 5.79. The molecule has 2 bridgehead atoms. The second kappa shape index (κ2) is 4.32. The lowest BCUT2D eigenvalue weighted by Gasteiger charge is -2.14. The summed E-state index contributed by atoms with van der Waals surface area (Å²) in [5, 5.41) is 8.74. The van der Waals surface area contributed by atoms with E-state index in [1.165, 1.54) is 30.4 Å². The maximum Gasteiger partial charge on any atom is 0.119 e. The highest BCUT2D eigenvalue weighted by atomic mass is 16.5. The Morgan fingerprint density at radius 3 is 2.50 bits per heavy atom. The zero-order chi connectivity index (χ0) is 14.7. The first-order valence-electron chi connectivity index (χ1n) is 7.87. The molecule has 0 spiro atoms.